The summed E-state index contributed by atoms with van der Waals surface area (Å²) in [6.07, 6.45) is -12.2. The third-order valence-electron chi connectivity index (χ3n) is 2.40. The molecule has 0 saturated carbocycles. The molecule has 0 fully saturated rings. The van der Waals surface area contributed by atoms with Crippen molar-refractivity contribution in [1.29, 1.82) is 0 Å². The van der Waals surface area contributed by atoms with Crippen molar-refractivity contribution in [1.82, 2.24) is 9.38 Å². The maximum Gasteiger partial charge on any atom is 0.450 e. The number of alkyl halides is 6. The largest absolute Gasteiger partial charge is 0.450 e. The molecule has 2 aromatic rings. The number of halogens is 6. The van der Waals surface area contributed by atoms with E-state index in [1.165, 1.54) is 12.1 Å². The Morgan fingerprint density at radius 1 is 1.11 bits per heavy atom. The van der Waals surface area contributed by atoms with Crippen LogP contribution in [-0.4, -0.2) is 20.7 Å². The van der Waals surface area contributed by atoms with Gasteiger partial charge in [-0.1, -0.05) is 6.07 Å². The van der Waals surface area contributed by atoms with Crippen LogP contribution in [0.25, 0.3) is 5.52 Å². The van der Waals surface area contributed by atoms with E-state index < -0.39 is 35.5 Å². The van der Waals surface area contributed by atoms with Crippen LogP contribution < -0.4 is 0 Å². The summed E-state index contributed by atoms with van der Waals surface area (Å²) in [6.45, 7) is 0. The number of rotatable bonds is 1. The lowest BCUT2D eigenvalue weighted by Gasteiger charge is -2.12. The molecule has 0 spiro atoms. The second-order valence-corrected chi connectivity index (χ2v) is 3.72. The van der Waals surface area contributed by atoms with Crippen LogP contribution in [0.4, 0.5) is 26.3 Å². The summed E-state index contributed by atoms with van der Waals surface area (Å²) in [4.78, 5) is 2.89. The highest BCUT2D eigenvalue weighted by molar-refractivity contribution is 5.54. The number of nitrogens with zero attached hydrogens (tertiary/aromatic N) is 2. The lowest BCUT2D eigenvalue weighted by atomic mass is 10.2. The van der Waals surface area contributed by atoms with Crippen molar-refractivity contribution in [3.63, 3.8) is 0 Å². The molecule has 0 aromatic carbocycles. The number of aliphatic hydroxyl groups excluding tert-OH is 1. The summed E-state index contributed by atoms with van der Waals surface area (Å²) in [5.74, 6) is -1.51. The molecule has 2 rings (SSSR count). The van der Waals surface area contributed by atoms with Gasteiger partial charge in [0.1, 0.15) is 5.69 Å². The zero-order valence-corrected chi connectivity index (χ0v) is 9.00. The first-order valence-corrected chi connectivity index (χ1v) is 4.91. The Hall–Kier alpha value is -1.77. The van der Waals surface area contributed by atoms with E-state index in [9.17, 15) is 26.3 Å². The first-order chi connectivity index (χ1) is 8.62. The Balaban J connectivity index is 2.70. The van der Waals surface area contributed by atoms with Crippen molar-refractivity contribution < 1.29 is 31.4 Å². The standard InChI is InChI=1S/C10H6F6N2O/c11-9(12,13)7(19)6-5-3-1-2-4-18(5)8(17-6)10(14,15)16/h1-4,7,19H. The van der Waals surface area contributed by atoms with E-state index in [1.54, 1.807) is 0 Å². The average molecular weight is 284 g/mol. The normalized spacial score (nSPS) is 14.9. The molecular formula is C10H6F6N2O. The minimum absolute atomic E-state index is 0.445. The number of aliphatic hydroxyl groups is 1. The van der Waals surface area contributed by atoms with Crippen molar-refractivity contribution in [2.45, 2.75) is 18.5 Å². The molecule has 19 heavy (non-hydrogen) atoms. The van der Waals surface area contributed by atoms with Gasteiger partial charge in [-0.05, 0) is 12.1 Å². The fraction of sp³-hybridized carbons (Fsp3) is 0.300. The van der Waals surface area contributed by atoms with Crippen molar-refractivity contribution in [3.8, 4) is 0 Å². The number of hydrogen-bond acceptors (Lipinski definition) is 2. The van der Waals surface area contributed by atoms with Gasteiger partial charge in [-0.25, -0.2) is 4.98 Å². The van der Waals surface area contributed by atoms with Gasteiger partial charge in [-0.15, -0.1) is 0 Å². The Labute approximate surface area is 102 Å². The molecule has 0 amide bonds. The smallest absolute Gasteiger partial charge is 0.378 e. The summed E-state index contributed by atoms with van der Waals surface area (Å²) in [7, 11) is 0. The summed E-state index contributed by atoms with van der Waals surface area (Å²) in [5, 5.41) is 9.07. The molecule has 0 aliphatic carbocycles. The molecule has 1 unspecified atom stereocenters. The first-order valence-electron chi connectivity index (χ1n) is 4.91. The third-order valence-corrected chi connectivity index (χ3v) is 2.40. The highest BCUT2D eigenvalue weighted by Crippen LogP contribution is 2.37. The molecule has 2 heterocycles. The predicted octanol–water partition coefficient (Wildman–Crippen LogP) is 2.95. The second-order valence-electron chi connectivity index (χ2n) is 3.72. The highest BCUT2D eigenvalue weighted by atomic mass is 19.4. The van der Waals surface area contributed by atoms with Gasteiger partial charge in [-0.2, -0.15) is 26.3 Å². The SMILES string of the molecule is OC(c1nc(C(F)(F)F)n2ccccc12)C(F)(F)F. The van der Waals surface area contributed by atoms with Crippen LogP contribution in [-0.2, 0) is 6.18 Å². The van der Waals surface area contributed by atoms with Crippen molar-refractivity contribution in [3.05, 3.63) is 35.9 Å². The van der Waals surface area contributed by atoms with Gasteiger partial charge < -0.3 is 5.11 Å². The minimum Gasteiger partial charge on any atom is -0.378 e. The molecule has 9 heteroatoms. The second kappa shape index (κ2) is 4.12. The minimum atomic E-state index is -5.09. The Morgan fingerprint density at radius 3 is 2.26 bits per heavy atom. The molecule has 104 valence electrons. The number of pyridine rings is 1. The third kappa shape index (κ3) is 2.37. The van der Waals surface area contributed by atoms with Crippen molar-refractivity contribution in [2.24, 2.45) is 0 Å². The van der Waals surface area contributed by atoms with E-state index in [4.69, 9.17) is 5.11 Å². The van der Waals surface area contributed by atoms with Crippen LogP contribution >= 0.6 is 0 Å². The fourth-order valence-corrected chi connectivity index (χ4v) is 1.62. The first kappa shape index (κ1) is 13.7. The summed E-state index contributed by atoms with van der Waals surface area (Å²) in [5.41, 5.74) is -1.51. The van der Waals surface area contributed by atoms with Crippen LogP contribution in [0.5, 0.6) is 0 Å². The molecule has 0 aliphatic heterocycles. The zero-order chi connectivity index (χ0) is 14.4. The van der Waals surface area contributed by atoms with Crippen LogP contribution in [0.15, 0.2) is 24.4 Å². The van der Waals surface area contributed by atoms with E-state index in [0.29, 0.717) is 4.40 Å². The quantitative estimate of drug-likeness (QED) is 0.817. The van der Waals surface area contributed by atoms with Gasteiger partial charge in [0.05, 0.1) is 5.52 Å². The van der Waals surface area contributed by atoms with E-state index in [-0.39, 0.29) is 0 Å². The Bertz CT molecular complexity index is 600. The van der Waals surface area contributed by atoms with Gasteiger partial charge in [0.15, 0.2) is 6.10 Å². The number of hydrogen-bond donors (Lipinski definition) is 1. The van der Waals surface area contributed by atoms with Crippen molar-refractivity contribution >= 4 is 5.52 Å². The van der Waals surface area contributed by atoms with E-state index in [0.717, 1.165) is 12.3 Å². The molecule has 0 aliphatic rings. The molecule has 0 saturated heterocycles. The molecule has 1 N–H and O–H groups in total. The lowest BCUT2D eigenvalue weighted by molar-refractivity contribution is -0.207. The number of aromatic nitrogens is 2. The van der Waals surface area contributed by atoms with Gasteiger partial charge in [0.25, 0.3) is 0 Å². The monoisotopic (exact) mass is 284 g/mol. The van der Waals surface area contributed by atoms with Crippen LogP contribution in [0, 0.1) is 0 Å². The maximum absolute atomic E-state index is 12.6. The molecular weight excluding hydrogens is 278 g/mol. The fourth-order valence-electron chi connectivity index (χ4n) is 1.62. The number of imidazole rings is 1. The Morgan fingerprint density at radius 2 is 1.74 bits per heavy atom. The van der Waals surface area contributed by atoms with E-state index in [2.05, 4.69) is 4.98 Å². The van der Waals surface area contributed by atoms with Gasteiger partial charge in [-0.3, -0.25) is 4.40 Å². The van der Waals surface area contributed by atoms with E-state index >= 15 is 0 Å². The van der Waals surface area contributed by atoms with Crippen LogP contribution in [0.1, 0.15) is 17.6 Å². The van der Waals surface area contributed by atoms with Crippen LogP contribution in [0.2, 0.25) is 0 Å². The topological polar surface area (TPSA) is 37.5 Å². The van der Waals surface area contributed by atoms with E-state index in [1.807, 2.05) is 0 Å². The van der Waals surface area contributed by atoms with Gasteiger partial charge in [0.2, 0.25) is 5.82 Å². The maximum atomic E-state index is 12.6. The molecule has 0 bridgehead atoms. The molecule has 0 radical (unpaired) electrons. The summed E-state index contributed by atoms with van der Waals surface area (Å²) in [6, 6.07) is 3.49. The number of fused-ring (bicyclic) bond motifs is 1. The molecule has 3 nitrogen and oxygen atoms in total. The lowest BCUT2D eigenvalue weighted by Crippen LogP contribution is -2.21. The van der Waals surface area contributed by atoms with Crippen LogP contribution in [0.3, 0.4) is 0 Å². The molecule has 1 atom stereocenters. The summed E-state index contributed by atoms with van der Waals surface area (Å²) < 4.78 is 75.6. The Kier molecular flexibility index (Phi) is 2.96. The summed E-state index contributed by atoms with van der Waals surface area (Å²) >= 11 is 0. The molecule has 2 aromatic heterocycles. The van der Waals surface area contributed by atoms with Gasteiger partial charge in [0, 0.05) is 6.20 Å². The average Bonchev–Trinajstić information content (AvgIpc) is 2.65. The predicted molar refractivity (Wildman–Crippen MR) is 51.2 cm³/mol. The van der Waals surface area contributed by atoms with Gasteiger partial charge >= 0.3 is 12.4 Å². The zero-order valence-electron chi connectivity index (χ0n) is 9.00. The van der Waals surface area contributed by atoms with Crippen molar-refractivity contribution in [2.75, 3.05) is 0 Å². The highest BCUT2D eigenvalue weighted by Gasteiger charge is 2.45.